The molecular formula is C27H29F3N2O3S2. The number of nitrogens with zero attached hydrogens (tertiary/aromatic N) is 2. The van der Waals surface area contributed by atoms with Gasteiger partial charge in [0.05, 0.1) is 23.0 Å². The van der Waals surface area contributed by atoms with Gasteiger partial charge >= 0.3 is 6.18 Å². The Kier molecular flexibility index (Phi) is 7.83. The fraction of sp³-hybridized carbons (Fsp3) is 0.370. The number of carbonyl (C=O) groups excluding carboxylic acids is 1. The lowest BCUT2D eigenvalue weighted by molar-refractivity contribution is -0.138. The van der Waals surface area contributed by atoms with E-state index in [1.807, 2.05) is 42.6 Å². The van der Waals surface area contributed by atoms with Crippen molar-refractivity contribution in [3.05, 3.63) is 87.1 Å². The van der Waals surface area contributed by atoms with Crippen molar-refractivity contribution in [3.63, 3.8) is 0 Å². The molecule has 0 saturated carbocycles. The number of sulfonamides is 1. The first kappa shape index (κ1) is 27.3. The molecule has 0 spiro atoms. The number of fused-ring (bicyclic) bond motifs is 1. The first-order valence-corrected chi connectivity index (χ1v) is 14.4. The van der Waals surface area contributed by atoms with Gasteiger partial charge in [-0.05, 0) is 73.0 Å². The number of benzene rings is 2. The fourth-order valence-electron chi connectivity index (χ4n) is 4.69. The second-order valence-corrected chi connectivity index (χ2v) is 12.1. The Hall–Kier alpha value is -2.69. The molecule has 0 N–H and O–H groups in total. The molecule has 2 atom stereocenters. The van der Waals surface area contributed by atoms with Gasteiger partial charge in [0.1, 0.15) is 0 Å². The smallest absolute Gasteiger partial charge is 0.330 e. The van der Waals surface area contributed by atoms with E-state index < -0.39 is 39.2 Å². The summed E-state index contributed by atoms with van der Waals surface area (Å²) in [6.07, 6.45) is -3.64. The zero-order valence-corrected chi connectivity index (χ0v) is 22.5. The van der Waals surface area contributed by atoms with Gasteiger partial charge in [-0.15, -0.1) is 11.3 Å². The summed E-state index contributed by atoms with van der Waals surface area (Å²) < 4.78 is 68.1. The van der Waals surface area contributed by atoms with E-state index in [2.05, 4.69) is 0 Å². The van der Waals surface area contributed by atoms with Crippen molar-refractivity contribution < 1.29 is 26.4 Å². The van der Waals surface area contributed by atoms with Crippen molar-refractivity contribution in [2.45, 2.75) is 56.8 Å². The van der Waals surface area contributed by atoms with E-state index >= 15 is 0 Å². The maximum atomic E-state index is 13.8. The first-order chi connectivity index (χ1) is 17.4. The minimum absolute atomic E-state index is 0.362. The molecule has 10 heteroatoms. The van der Waals surface area contributed by atoms with Crippen molar-refractivity contribution in [3.8, 4) is 0 Å². The van der Waals surface area contributed by atoms with Crippen molar-refractivity contribution in [2.75, 3.05) is 13.1 Å². The molecule has 2 aromatic carbocycles. The quantitative estimate of drug-likeness (QED) is 0.361. The summed E-state index contributed by atoms with van der Waals surface area (Å²) in [7, 11) is -4.38. The minimum atomic E-state index is -4.69. The number of halogens is 3. The van der Waals surface area contributed by atoms with E-state index in [4.69, 9.17) is 0 Å². The van der Waals surface area contributed by atoms with Crippen LogP contribution in [0.4, 0.5) is 13.2 Å². The Morgan fingerprint density at radius 3 is 2.54 bits per heavy atom. The van der Waals surface area contributed by atoms with Crippen molar-refractivity contribution in [1.82, 2.24) is 9.21 Å². The lowest BCUT2D eigenvalue weighted by Crippen LogP contribution is -2.49. The second kappa shape index (κ2) is 10.6. The summed E-state index contributed by atoms with van der Waals surface area (Å²) in [5.74, 6) is -0.388. The summed E-state index contributed by atoms with van der Waals surface area (Å²) in [6, 6.07) is 12.5. The van der Waals surface area contributed by atoms with Gasteiger partial charge in [-0.25, -0.2) is 8.42 Å². The van der Waals surface area contributed by atoms with Gasteiger partial charge in [-0.1, -0.05) is 37.3 Å². The number of hydrogen-bond donors (Lipinski definition) is 0. The standard InChI is InChI=1S/C27H29F3N2O3S2/c1-4-19(3)32(37(34,35)21-10-7-9-20(16-21)27(28,29)30)17-25(33)31-14-12-24-23(13-15-36-24)26(31)22-11-6-5-8-18(22)2/h5-11,13,15-16,19,26H,4,12,14,17H2,1-3H3/t19-,26-/m0/s1. The third kappa shape index (κ3) is 5.46. The normalized spacial score (nSPS) is 17.1. The number of aryl methyl sites for hydroxylation is 1. The fourth-order valence-corrected chi connectivity index (χ4v) is 7.29. The van der Waals surface area contributed by atoms with E-state index in [1.54, 1.807) is 30.1 Å². The highest BCUT2D eigenvalue weighted by molar-refractivity contribution is 7.89. The molecule has 0 aliphatic carbocycles. The van der Waals surface area contributed by atoms with Crippen LogP contribution in [-0.4, -0.2) is 42.7 Å². The van der Waals surface area contributed by atoms with Crippen LogP contribution in [0, 0.1) is 6.92 Å². The Bertz CT molecular complexity index is 1390. The van der Waals surface area contributed by atoms with Gasteiger partial charge in [0.2, 0.25) is 15.9 Å². The van der Waals surface area contributed by atoms with Crippen LogP contribution in [0.3, 0.4) is 0 Å². The van der Waals surface area contributed by atoms with Crippen LogP contribution >= 0.6 is 11.3 Å². The third-order valence-corrected chi connectivity index (χ3v) is 9.86. The summed E-state index contributed by atoms with van der Waals surface area (Å²) in [5.41, 5.74) is 1.95. The molecule has 0 bridgehead atoms. The SMILES string of the molecule is CC[C@H](C)N(CC(=O)N1CCc2sccc2[C@@H]1c1ccccc1C)S(=O)(=O)c1cccc(C(F)(F)F)c1. The summed E-state index contributed by atoms with van der Waals surface area (Å²) in [5, 5.41) is 1.99. The van der Waals surface area contributed by atoms with Crippen molar-refractivity contribution in [2.24, 2.45) is 0 Å². The lowest BCUT2D eigenvalue weighted by Gasteiger charge is -2.38. The largest absolute Gasteiger partial charge is 0.416 e. The molecule has 4 rings (SSSR count). The molecule has 1 aliphatic heterocycles. The highest BCUT2D eigenvalue weighted by atomic mass is 32.2. The molecule has 5 nitrogen and oxygen atoms in total. The maximum absolute atomic E-state index is 13.8. The zero-order chi connectivity index (χ0) is 27.0. The molecule has 0 saturated heterocycles. The molecular weight excluding hydrogens is 521 g/mol. The van der Waals surface area contributed by atoms with Crippen molar-refractivity contribution >= 4 is 27.3 Å². The Morgan fingerprint density at radius 1 is 1.14 bits per heavy atom. The number of carbonyl (C=O) groups is 1. The van der Waals surface area contributed by atoms with Gasteiger partial charge in [-0.2, -0.15) is 17.5 Å². The average Bonchev–Trinajstić information content (AvgIpc) is 3.35. The molecule has 1 amide bonds. The highest BCUT2D eigenvalue weighted by Gasteiger charge is 2.38. The number of rotatable bonds is 7. The van der Waals surface area contributed by atoms with Gasteiger partial charge in [0.15, 0.2) is 0 Å². The molecule has 2 heterocycles. The molecule has 37 heavy (non-hydrogen) atoms. The van der Waals surface area contributed by atoms with E-state index in [0.717, 1.165) is 39.2 Å². The number of amides is 1. The van der Waals surface area contributed by atoms with Crippen LogP contribution in [0.2, 0.25) is 0 Å². The van der Waals surface area contributed by atoms with E-state index in [1.165, 1.54) is 4.88 Å². The van der Waals surface area contributed by atoms with Crippen LogP contribution in [0.1, 0.15) is 53.4 Å². The molecule has 198 valence electrons. The molecule has 3 aromatic rings. The van der Waals surface area contributed by atoms with E-state index in [-0.39, 0.29) is 11.9 Å². The molecule has 0 radical (unpaired) electrons. The topological polar surface area (TPSA) is 57.7 Å². The van der Waals surface area contributed by atoms with Gasteiger partial charge < -0.3 is 4.90 Å². The van der Waals surface area contributed by atoms with Gasteiger partial charge in [0.25, 0.3) is 0 Å². The summed E-state index contributed by atoms with van der Waals surface area (Å²) >= 11 is 1.63. The predicted molar refractivity (Wildman–Crippen MR) is 138 cm³/mol. The minimum Gasteiger partial charge on any atom is -0.330 e. The predicted octanol–water partition coefficient (Wildman–Crippen LogP) is 6.04. The Morgan fingerprint density at radius 2 is 1.86 bits per heavy atom. The van der Waals surface area contributed by atoms with Gasteiger partial charge in [-0.3, -0.25) is 4.79 Å². The summed E-state index contributed by atoms with van der Waals surface area (Å²) in [6.45, 7) is 5.36. The zero-order valence-electron chi connectivity index (χ0n) is 20.8. The first-order valence-electron chi connectivity index (χ1n) is 12.1. The Balaban J connectivity index is 1.71. The second-order valence-electron chi connectivity index (χ2n) is 9.23. The molecule has 0 unspecified atom stereocenters. The van der Waals surface area contributed by atoms with E-state index in [0.29, 0.717) is 25.5 Å². The molecule has 1 aliphatic rings. The average molecular weight is 551 g/mol. The van der Waals surface area contributed by atoms with Crippen LogP contribution in [0.15, 0.2) is 64.9 Å². The summed E-state index contributed by atoms with van der Waals surface area (Å²) in [4.78, 5) is 16.2. The number of alkyl halides is 3. The van der Waals surface area contributed by atoms with Crippen LogP contribution in [-0.2, 0) is 27.4 Å². The number of hydrogen-bond acceptors (Lipinski definition) is 4. The Labute approximate surface area is 219 Å². The third-order valence-electron chi connectivity index (χ3n) is 6.91. The monoisotopic (exact) mass is 550 g/mol. The molecule has 0 fully saturated rings. The lowest BCUT2D eigenvalue weighted by atomic mass is 9.90. The van der Waals surface area contributed by atoms with E-state index in [9.17, 15) is 26.4 Å². The van der Waals surface area contributed by atoms with Crippen LogP contribution in [0.5, 0.6) is 0 Å². The molecule has 1 aromatic heterocycles. The maximum Gasteiger partial charge on any atom is 0.416 e. The highest BCUT2D eigenvalue weighted by Crippen LogP contribution is 2.39. The van der Waals surface area contributed by atoms with Gasteiger partial charge in [0, 0.05) is 17.5 Å². The number of thiophene rings is 1. The van der Waals surface area contributed by atoms with Crippen LogP contribution in [0.25, 0.3) is 0 Å². The van der Waals surface area contributed by atoms with Crippen molar-refractivity contribution in [1.29, 1.82) is 0 Å². The van der Waals surface area contributed by atoms with Crippen LogP contribution < -0.4 is 0 Å².